The number of halogens is 1. The summed E-state index contributed by atoms with van der Waals surface area (Å²) in [7, 11) is 0. The molecule has 0 saturated carbocycles. The topological polar surface area (TPSA) is 98.1 Å². The number of amides is 2. The molecule has 2 aliphatic rings. The molecule has 2 amide bonds. The molecule has 1 aromatic heterocycles. The fourth-order valence-electron chi connectivity index (χ4n) is 6.14. The molecule has 39 heavy (non-hydrogen) atoms. The number of rotatable bonds is 11. The molecule has 6 nitrogen and oxygen atoms in total. The van der Waals surface area contributed by atoms with Crippen molar-refractivity contribution in [1.82, 2.24) is 4.90 Å². The van der Waals surface area contributed by atoms with Crippen LogP contribution in [0.5, 0.6) is 5.75 Å². The van der Waals surface area contributed by atoms with Crippen molar-refractivity contribution < 1.29 is 29.3 Å². The van der Waals surface area contributed by atoms with Crippen LogP contribution in [0.4, 0.5) is 4.39 Å². The van der Waals surface area contributed by atoms with E-state index in [1.807, 2.05) is 37.4 Å². The molecule has 3 N–H and O–H groups in total. The van der Waals surface area contributed by atoms with Crippen LogP contribution in [-0.2, 0) is 16.1 Å². The number of allylic oxidation sites excluding steroid dienone is 2. The third-order valence-electron chi connectivity index (χ3n) is 8.01. The smallest absolute Gasteiger partial charge is 0.234 e. The van der Waals surface area contributed by atoms with Crippen LogP contribution >= 0.6 is 11.3 Å². The Hall–Kier alpha value is -2.81. The molecule has 0 radical (unpaired) electrons. The number of carbonyl (C=O) groups is 2. The molecule has 1 aromatic carbocycles. The maximum Gasteiger partial charge on any atom is 0.234 e. The van der Waals surface area contributed by atoms with Crippen LogP contribution in [0.3, 0.4) is 0 Å². The van der Waals surface area contributed by atoms with Crippen LogP contribution in [-0.4, -0.2) is 44.7 Å². The molecule has 8 heteroatoms. The van der Waals surface area contributed by atoms with Crippen molar-refractivity contribution in [2.24, 2.45) is 23.7 Å². The lowest BCUT2D eigenvalue weighted by Crippen LogP contribution is -2.39. The van der Waals surface area contributed by atoms with Crippen LogP contribution in [0.1, 0.15) is 63.3 Å². The van der Waals surface area contributed by atoms with Crippen LogP contribution in [0.2, 0.25) is 0 Å². The largest absolute Gasteiger partial charge is 0.505 e. The minimum atomic E-state index is -0.883. The molecule has 2 aromatic rings. The van der Waals surface area contributed by atoms with E-state index in [0.29, 0.717) is 30.4 Å². The molecule has 4 atom stereocenters. The number of nitrogens with zero attached hydrogens (tertiary/aromatic N) is 1. The second-order valence-corrected chi connectivity index (χ2v) is 12.0. The Balaban J connectivity index is 1.58. The zero-order valence-electron chi connectivity index (χ0n) is 22.8. The molecule has 1 aliphatic carbocycles. The van der Waals surface area contributed by atoms with Crippen LogP contribution in [0, 0.1) is 29.5 Å². The molecular formula is C31H38FNO5S. The van der Waals surface area contributed by atoms with Gasteiger partial charge < -0.3 is 15.3 Å². The SMILES string of the molecule is CCC/C(=C\c1ccc(O)c(F)c1)CC[C@@H](O)C1=C(C(C)C)C[C@H]2C(=O)N(Cc3cccs3)C(=O)[C@H]2[C@H]1CO. The Morgan fingerprint density at radius 3 is 2.59 bits per heavy atom. The van der Waals surface area contributed by atoms with Crippen molar-refractivity contribution in [3.05, 3.63) is 68.7 Å². The Kier molecular flexibility index (Phi) is 9.41. The van der Waals surface area contributed by atoms with E-state index < -0.39 is 35.4 Å². The third kappa shape index (κ3) is 6.18. The van der Waals surface area contributed by atoms with E-state index >= 15 is 0 Å². The summed E-state index contributed by atoms with van der Waals surface area (Å²) >= 11 is 1.50. The maximum atomic E-state index is 13.9. The van der Waals surface area contributed by atoms with Crippen molar-refractivity contribution in [1.29, 1.82) is 0 Å². The normalized spacial score (nSPS) is 22.7. The minimum absolute atomic E-state index is 0.0459. The van der Waals surface area contributed by atoms with Crippen LogP contribution in [0.25, 0.3) is 6.08 Å². The molecule has 0 bridgehead atoms. The summed E-state index contributed by atoms with van der Waals surface area (Å²) in [6.45, 7) is 6.00. The van der Waals surface area contributed by atoms with Crippen molar-refractivity contribution in [2.45, 2.75) is 65.5 Å². The number of phenolic OH excluding ortho intramolecular Hbond substituents is 1. The van der Waals surface area contributed by atoms with Gasteiger partial charge in [-0.3, -0.25) is 14.5 Å². The number of fused-ring (bicyclic) bond motifs is 1. The lowest BCUT2D eigenvalue weighted by Gasteiger charge is -2.38. The first-order chi connectivity index (χ1) is 18.7. The fourth-order valence-corrected chi connectivity index (χ4v) is 6.83. The number of imide groups is 1. The Bertz CT molecular complexity index is 1250. The van der Waals surface area contributed by atoms with Gasteiger partial charge in [0.1, 0.15) is 0 Å². The highest BCUT2D eigenvalue weighted by molar-refractivity contribution is 7.09. The lowest BCUT2D eigenvalue weighted by atomic mass is 9.66. The van der Waals surface area contributed by atoms with Crippen LogP contribution in [0.15, 0.2) is 52.4 Å². The Labute approximate surface area is 233 Å². The first-order valence-corrected chi connectivity index (χ1v) is 14.6. The summed E-state index contributed by atoms with van der Waals surface area (Å²) in [6.07, 6.45) is 3.99. The van der Waals surface area contributed by atoms with Gasteiger partial charge in [0, 0.05) is 10.8 Å². The van der Waals surface area contributed by atoms with Crippen molar-refractivity contribution in [3.8, 4) is 5.75 Å². The van der Waals surface area contributed by atoms with Gasteiger partial charge in [-0.25, -0.2) is 4.39 Å². The molecule has 1 saturated heterocycles. The van der Waals surface area contributed by atoms with Crippen molar-refractivity contribution in [3.63, 3.8) is 0 Å². The van der Waals surface area contributed by atoms with E-state index in [1.165, 1.54) is 28.4 Å². The van der Waals surface area contributed by atoms with Gasteiger partial charge >= 0.3 is 0 Å². The summed E-state index contributed by atoms with van der Waals surface area (Å²) in [5, 5.41) is 33.4. The van der Waals surface area contributed by atoms with E-state index in [-0.39, 0.29) is 30.9 Å². The maximum absolute atomic E-state index is 13.9. The molecule has 4 rings (SSSR count). The fraction of sp³-hybridized carbons (Fsp3) is 0.484. The highest BCUT2D eigenvalue weighted by Gasteiger charge is 2.55. The van der Waals surface area contributed by atoms with Gasteiger partial charge in [0.25, 0.3) is 0 Å². The second kappa shape index (κ2) is 12.6. The standard InChI is InChI=1S/C31H38FNO5S/c1-4-6-19(13-20-9-10-26(35)25(32)14-20)8-11-27(36)28-22(18(2)3)15-23-29(24(28)17-34)31(38)33(30(23)37)16-21-7-5-12-39-21/h5,7,9-10,12-14,18,23-24,27,29,34-36H,4,6,8,11,15-17H2,1-3H3/b19-13+/t23-,24+,27-,29-/m1/s1. The van der Waals surface area contributed by atoms with Crippen molar-refractivity contribution in [2.75, 3.05) is 6.61 Å². The van der Waals surface area contributed by atoms with E-state index in [4.69, 9.17) is 0 Å². The number of aliphatic hydroxyl groups excluding tert-OH is 2. The molecule has 0 unspecified atom stereocenters. The first-order valence-electron chi connectivity index (χ1n) is 13.7. The average Bonchev–Trinajstić information content (AvgIpc) is 3.51. The monoisotopic (exact) mass is 555 g/mol. The number of aliphatic hydroxyl groups is 2. The third-order valence-corrected chi connectivity index (χ3v) is 8.87. The van der Waals surface area contributed by atoms with Gasteiger partial charge in [-0.2, -0.15) is 0 Å². The quantitative estimate of drug-likeness (QED) is 0.245. The van der Waals surface area contributed by atoms with E-state index in [9.17, 15) is 29.3 Å². The van der Waals surface area contributed by atoms with Gasteiger partial charge in [-0.15, -0.1) is 11.3 Å². The minimum Gasteiger partial charge on any atom is -0.505 e. The van der Waals surface area contributed by atoms with E-state index in [2.05, 4.69) is 6.92 Å². The zero-order valence-corrected chi connectivity index (χ0v) is 23.6. The van der Waals surface area contributed by atoms with Gasteiger partial charge in [0.15, 0.2) is 11.6 Å². The number of aromatic hydroxyl groups is 1. The number of hydrogen-bond donors (Lipinski definition) is 3. The first kappa shape index (κ1) is 29.2. The zero-order chi connectivity index (χ0) is 28.3. The highest BCUT2D eigenvalue weighted by Crippen LogP contribution is 2.48. The summed E-state index contributed by atoms with van der Waals surface area (Å²) in [5.41, 5.74) is 3.32. The molecule has 0 spiro atoms. The highest BCUT2D eigenvalue weighted by atomic mass is 32.1. The summed E-state index contributed by atoms with van der Waals surface area (Å²) in [6, 6.07) is 8.05. The van der Waals surface area contributed by atoms with Gasteiger partial charge in [-0.1, -0.05) is 56.5 Å². The lowest BCUT2D eigenvalue weighted by molar-refractivity contribution is -0.140. The number of likely N-dealkylation sites (tertiary alicyclic amines) is 1. The molecule has 2 heterocycles. The van der Waals surface area contributed by atoms with Gasteiger partial charge in [0.2, 0.25) is 11.8 Å². The Morgan fingerprint density at radius 2 is 1.97 bits per heavy atom. The number of phenols is 1. The van der Waals surface area contributed by atoms with Crippen molar-refractivity contribution >= 4 is 29.2 Å². The number of thiophene rings is 1. The van der Waals surface area contributed by atoms with Gasteiger partial charge in [-0.05, 0) is 66.3 Å². The number of benzene rings is 1. The predicted octanol–water partition coefficient (Wildman–Crippen LogP) is 5.68. The summed E-state index contributed by atoms with van der Waals surface area (Å²) < 4.78 is 13.9. The molecule has 210 valence electrons. The average molecular weight is 556 g/mol. The number of carbonyl (C=O) groups excluding carboxylic acids is 2. The molecule has 1 fully saturated rings. The number of hydrogen-bond acceptors (Lipinski definition) is 6. The summed E-state index contributed by atoms with van der Waals surface area (Å²) in [5.74, 6) is -3.33. The Morgan fingerprint density at radius 1 is 1.21 bits per heavy atom. The van der Waals surface area contributed by atoms with Crippen LogP contribution < -0.4 is 0 Å². The predicted molar refractivity (Wildman–Crippen MR) is 150 cm³/mol. The molecule has 1 aliphatic heterocycles. The van der Waals surface area contributed by atoms with E-state index in [1.54, 1.807) is 6.07 Å². The second-order valence-electron chi connectivity index (χ2n) is 10.9. The summed E-state index contributed by atoms with van der Waals surface area (Å²) in [4.78, 5) is 29.2. The van der Waals surface area contributed by atoms with E-state index in [0.717, 1.165) is 28.9 Å². The molecular weight excluding hydrogens is 517 g/mol. The van der Waals surface area contributed by atoms with Gasteiger partial charge in [0.05, 0.1) is 31.1 Å².